The summed E-state index contributed by atoms with van der Waals surface area (Å²) in [5.41, 5.74) is 7.36. The lowest BCUT2D eigenvalue weighted by molar-refractivity contribution is -0.144. The highest BCUT2D eigenvalue weighted by Gasteiger charge is 2.42. The summed E-state index contributed by atoms with van der Waals surface area (Å²) in [6, 6.07) is 22.0. The number of nitrogens with zero attached hydrogens (tertiary/aromatic N) is 5. The number of fused-ring (bicyclic) bond motifs is 3. The van der Waals surface area contributed by atoms with Crippen LogP contribution in [0.25, 0.3) is 21.7 Å². The third-order valence-electron chi connectivity index (χ3n) is 12.8. The summed E-state index contributed by atoms with van der Waals surface area (Å²) in [7, 11) is 0. The zero-order valence-corrected chi connectivity index (χ0v) is 44.3. The van der Waals surface area contributed by atoms with E-state index in [1.807, 2.05) is 57.5 Å². The number of thiazole rings is 1. The fourth-order valence-electron chi connectivity index (χ4n) is 8.81. The predicted molar refractivity (Wildman–Crippen MR) is 288 cm³/mol. The van der Waals surface area contributed by atoms with E-state index in [-0.39, 0.29) is 86.8 Å². The predicted octanol–water partition coefficient (Wildman–Crippen LogP) is 8.61. The van der Waals surface area contributed by atoms with Crippen molar-refractivity contribution in [2.75, 3.05) is 58.0 Å². The molecule has 6 aromatic rings. The number of carbonyl (C=O) groups excluding carboxylic acids is 4. The van der Waals surface area contributed by atoms with Crippen molar-refractivity contribution in [3.05, 3.63) is 147 Å². The molecule has 4 N–H and O–H groups in total. The second-order valence-corrected chi connectivity index (χ2v) is 20.6. The third-order valence-corrected chi connectivity index (χ3v) is 14.0. The van der Waals surface area contributed by atoms with Crippen molar-refractivity contribution in [1.82, 2.24) is 35.8 Å². The summed E-state index contributed by atoms with van der Waals surface area (Å²) in [5.74, 6) is -2.33. The van der Waals surface area contributed by atoms with Crippen LogP contribution in [0, 0.1) is 24.0 Å². The van der Waals surface area contributed by atoms with E-state index in [2.05, 4.69) is 36.2 Å². The molecule has 398 valence electrons. The van der Waals surface area contributed by atoms with Crippen molar-refractivity contribution >= 4 is 63.9 Å². The number of rotatable bonds is 22. The summed E-state index contributed by atoms with van der Waals surface area (Å²) < 4.78 is 46.7. The maximum Gasteiger partial charge on any atom is 0.251 e. The van der Waals surface area contributed by atoms with Gasteiger partial charge in [0.2, 0.25) is 23.7 Å². The Labute approximate surface area is 449 Å². The standard InChI is InChI=1S/C56H60ClF2N9O7S/c1-34-50(76-33-64-34)36-12-10-35(11-13-36)30-62-53(71)45-9-6-22-68(45)54(72)51(56(2,3)4)66-46(69)20-23-73-25-27-75-28-26-74-24-21-60-52(70)37-14-17-40(18-15-37)65-55-63-32-38-31-61-49(47-43(58)7-5-8-44(47)59)42-29-39(57)16-19-41(42)48(38)67-55/h5,7-8,10-19,29,32-33,45,51H,6,9,20-28,30-31H2,1-4H3,(H,60,70)(H,62,71)(H,66,69)(H,63,65,67)/t45-,51?/m0/s1. The highest BCUT2D eigenvalue weighted by molar-refractivity contribution is 7.13. The summed E-state index contributed by atoms with van der Waals surface area (Å²) in [4.78, 5) is 74.0. The largest absolute Gasteiger partial charge is 0.379 e. The van der Waals surface area contributed by atoms with E-state index in [0.29, 0.717) is 77.8 Å². The number of likely N-dealkylation sites (tertiary alicyclic amines) is 1. The molecule has 2 aliphatic heterocycles. The highest BCUT2D eigenvalue weighted by atomic mass is 35.5. The molecule has 8 rings (SSSR count). The van der Waals surface area contributed by atoms with E-state index >= 15 is 0 Å². The molecule has 20 heteroatoms. The van der Waals surface area contributed by atoms with Gasteiger partial charge in [0.25, 0.3) is 5.91 Å². The van der Waals surface area contributed by atoms with Gasteiger partial charge in [-0.1, -0.05) is 68.8 Å². The molecule has 2 aliphatic rings. The Morgan fingerprint density at radius 3 is 2.26 bits per heavy atom. The van der Waals surface area contributed by atoms with E-state index in [9.17, 15) is 28.0 Å². The van der Waals surface area contributed by atoms with E-state index in [0.717, 1.165) is 21.7 Å². The number of ether oxygens (including phenoxy) is 3. The lowest BCUT2D eigenvalue weighted by atomic mass is 9.85. The number of hydrogen-bond donors (Lipinski definition) is 4. The summed E-state index contributed by atoms with van der Waals surface area (Å²) in [6.07, 6.45) is 2.89. The van der Waals surface area contributed by atoms with Crippen molar-refractivity contribution in [2.45, 2.75) is 72.1 Å². The molecule has 0 bridgehead atoms. The summed E-state index contributed by atoms with van der Waals surface area (Å²) >= 11 is 7.94. The van der Waals surface area contributed by atoms with Crippen molar-refractivity contribution in [2.24, 2.45) is 10.4 Å². The Kier molecular flexibility index (Phi) is 18.6. The zero-order valence-electron chi connectivity index (χ0n) is 42.7. The molecule has 1 unspecified atom stereocenters. The minimum Gasteiger partial charge on any atom is -0.379 e. The van der Waals surface area contributed by atoms with Crippen molar-refractivity contribution < 1.29 is 42.2 Å². The lowest BCUT2D eigenvalue weighted by Gasteiger charge is -2.35. The zero-order chi connectivity index (χ0) is 53.8. The van der Waals surface area contributed by atoms with E-state index in [4.69, 9.17) is 30.8 Å². The SMILES string of the molecule is Cc1ncsc1-c1ccc(CNC(=O)[C@@H]2CCCN2C(=O)C(NC(=O)CCOCCOCCOCCNC(=O)c2ccc(Nc3ncc4c(n3)-c3ccc(Cl)cc3C(c3c(F)cccc3F)=NC4)cc2)C(C)(C)C)cc1. The third kappa shape index (κ3) is 14.1. The fourth-order valence-corrected chi connectivity index (χ4v) is 9.80. The van der Waals surface area contributed by atoms with Gasteiger partial charge in [-0.3, -0.25) is 24.2 Å². The molecule has 4 amide bonds. The number of benzene rings is 4. The van der Waals surface area contributed by atoms with Crippen LogP contribution in [0.1, 0.15) is 78.3 Å². The number of aliphatic imine (C=N–C) groups is 1. The molecule has 2 aromatic heterocycles. The van der Waals surface area contributed by atoms with E-state index in [1.54, 1.807) is 64.9 Å². The first-order valence-electron chi connectivity index (χ1n) is 25.0. The molecule has 0 radical (unpaired) electrons. The Bertz CT molecular complexity index is 3040. The quantitative estimate of drug-likeness (QED) is 0.0475. The summed E-state index contributed by atoms with van der Waals surface area (Å²) in [5, 5.41) is 12.3. The molecule has 4 aromatic carbocycles. The number of aryl methyl sites for hydroxylation is 1. The van der Waals surface area contributed by atoms with Crippen LogP contribution in [-0.4, -0.2) is 114 Å². The maximum absolute atomic E-state index is 15.0. The molecule has 0 saturated carbocycles. The molecule has 0 aliphatic carbocycles. The average Bonchev–Trinajstić information content (AvgIpc) is 4.05. The van der Waals surface area contributed by atoms with Gasteiger partial charge in [-0.2, -0.15) is 0 Å². The molecule has 2 atom stereocenters. The van der Waals surface area contributed by atoms with Gasteiger partial charge in [-0.05, 0) is 84.8 Å². The van der Waals surface area contributed by atoms with Crippen molar-refractivity contribution in [3.63, 3.8) is 0 Å². The van der Waals surface area contributed by atoms with Gasteiger partial charge in [0.1, 0.15) is 23.7 Å². The topological polar surface area (TPSA) is 198 Å². The average molecular weight is 1080 g/mol. The molecule has 1 fully saturated rings. The van der Waals surface area contributed by atoms with Crippen molar-refractivity contribution in [1.29, 1.82) is 0 Å². The molecule has 0 spiro atoms. The van der Waals surface area contributed by atoms with Gasteiger partial charge in [-0.15, -0.1) is 11.3 Å². The number of carbonyl (C=O) groups is 4. The Balaban J connectivity index is 0.689. The molecule has 4 heterocycles. The van der Waals surface area contributed by atoms with E-state index < -0.39 is 29.1 Å². The number of nitrogens with one attached hydrogen (secondary N) is 4. The molecular formula is C56H60ClF2N9O7S. The van der Waals surface area contributed by atoms with Crippen LogP contribution in [0.4, 0.5) is 20.4 Å². The van der Waals surface area contributed by atoms with Gasteiger partial charge < -0.3 is 40.4 Å². The maximum atomic E-state index is 15.0. The summed E-state index contributed by atoms with van der Waals surface area (Å²) in [6.45, 7) is 10.3. The molecule has 1 saturated heterocycles. The van der Waals surface area contributed by atoms with Crippen LogP contribution >= 0.6 is 22.9 Å². The minimum absolute atomic E-state index is 0.0435. The fraction of sp³-hybridized carbons (Fsp3) is 0.357. The molecule has 16 nitrogen and oxygen atoms in total. The van der Waals surface area contributed by atoms with Gasteiger partial charge >= 0.3 is 0 Å². The number of anilines is 2. The van der Waals surface area contributed by atoms with Gasteiger partial charge in [0.05, 0.1) is 79.2 Å². The van der Waals surface area contributed by atoms with E-state index in [1.165, 1.54) is 18.2 Å². The van der Waals surface area contributed by atoms with Crippen LogP contribution in [0.15, 0.2) is 102 Å². The number of amides is 4. The van der Waals surface area contributed by atoms with Gasteiger partial charge in [0.15, 0.2) is 0 Å². The van der Waals surface area contributed by atoms with Crippen LogP contribution in [0.5, 0.6) is 0 Å². The number of hydrogen-bond acceptors (Lipinski definition) is 13. The van der Waals surface area contributed by atoms with Crippen LogP contribution in [0.2, 0.25) is 5.02 Å². The van der Waals surface area contributed by atoms with Gasteiger partial charge in [0, 0.05) is 65.2 Å². The second-order valence-electron chi connectivity index (χ2n) is 19.3. The first-order valence-corrected chi connectivity index (χ1v) is 26.3. The van der Waals surface area contributed by atoms with Gasteiger partial charge in [-0.25, -0.2) is 23.7 Å². The molecular weight excluding hydrogens is 1020 g/mol. The number of halogens is 3. The first kappa shape index (κ1) is 55.2. The number of aromatic nitrogens is 3. The Morgan fingerprint density at radius 1 is 0.855 bits per heavy atom. The lowest BCUT2D eigenvalue weighted by Crippen LogP contribution is -2.57. The normalized spacial score (nSPS) is 14.5. The highest BCUT2D eigenvalue weighted by Crippen LogP contribution is 2.35. The first-order chi connectivity index (χ1) is 36.6. The van der Waals surface area contributed by atoms with Crippen molar-refractivity contribution in [3.8, 4) is 21.7 Å². The van der Waals surface area contributed by atoms with Crippen LogP contribution in [0.3, 0.4) is 0 Å². The van der Waals surface area contributed by atoms with Crippen LogP contribution in [-0.2, 0) is 41.7 Å². The Hall–Kier alpha value is -7.03. The molecule has 76 heavy (non-hydrogen) atoms. The smallest absolute Gasteiger partial charge is 0.251 e. The second kappa shape index (κ2) is 25.7. The minimum atomic E-state index is -0.835. The monoisotopic (exact) mass is 1080 g/mol. The van der Waals surface area contributed by atoms with Crippen LogP contribution < -0.4 is 21.3 Å². The Morgan fingerprint density at radius 2 is 1.57 bits per heavy atom.